The molecule has 2 heterocycles. The Kier molecular flexibility index (Phi) is 3.21. The van der Waals surface area contributed by atoms with E-state index in [4.69, 9.17) is 0 Å². The first-order chi connectivity index (χ1) is 9.74. The third kappa shape index (κ3) is 2.40. The minimum atomic E-state index is -0.122. The second kappa shape index (κ2) is 5.17. The Bertz CT molecular complexity index is 734. The summed E-state index contributed by atoms with van der Waals surface area (Å²) in [5, 5.41) is 4.05. The number of carbonyl (C=O) groups is 1. The molecule has 1 amide bonds. The molecule has 1 aromatic carbocycles. The Morgan fingerprint density at radius 3 is 2.95 bits per heavy atom. The smallest absolute Gasteiger partial charge is 0.251 e. The van der Waals surface area contributed by atoms with Crippen LogP contribution in [0.5, 0.6) is 0 Å². The van der Waals surface area contributed by atoms with Gasteiger partial charge in [0.25, 0.3) is 5.91 Å². The van der Waals surface area contributed by atoms with Crippen LogP contribution in [0.4, 0.5) is 0 Å². The summed E-state index contributed by atoms with van der Waals surface area (Å²) in [4.78, 5) is 19.6. The molecule has 1 atom stereocenters. The number of amides is 1. The number of carbonyl (C=O) groups excluding carboxylic acids is 1. The van der Waals surface area contributed by atoms with Crippen LogP contribution in [-0.4, -0.2) is 15.9 Å². The largest absolute Gasteiger partial charge is 0.361 e. The summed E-state index contributed by atoms with van der Waals surface area (Å²) >= 11 is 0. The standard InChI is InChI=1S/C16H15N3O/c1-11(14-4-2-3-8-17-14)19-16(20)13-6-5-12-7-9-18-15(12)10-13/h2-11,18H,1H3,(H,19,20). The number of H-pyrrole nitrogens is 1. The molecule has 0 spiro atoms. The van der Waals surface area contributed by atoms with E-state index in [0.29, 0.717) is 5.56 Å². The van der Waals surface area contributed by atoms with Gasteiger partial charge in [-0.1, -0.05) is 12.1 Å². The fourth-order valence-corrected chi connectivity index (χ4v) is 2.18. The van der Waals surface area contributed by atoms with Crippen molar-refractivity contribution in [3.8, 4) is 0 Å². The van der Waals surface area contributed by atoms with Gasteiger partial charge in [-0.3, -0.25) is 9.78 Å². The first kappa shape index (κ1) is 12.4. The van der Waals surface area contributed by atoms with Gasteiger partial charge in [0.1, 0.15) is 0 Å². The number of hydrogen-bond acceptors (Lipinski definition) is 2. The number of benzene rings is 1. The molecule has 0 aliphatic rings. The molecule has 2 aromatic heterocycles. The Morgan fingerprint density at radius 1 is 1.25 bits per heavy atom. The van der Waals surface area contributed by atoms with Crippen molar-refractivity contribution >= 4 is 16.8 Å². The highest BCUT2D eigenvalue weighted by molar-refractivity contribution is 5.98. The maximum atomic E-state index is 12.2. The molecule has 0 fully saturated rings. The molecule has 0 radical (unpaired) electrons. The minimum Gasteiger partial charge on any atom is -0.361 e. The molecule has 0 aliphatic heterocycles. The van der Waals surface area contributed by atoms with E-state index in [-0.39, 0.29) is 11.9 Å². The lowest BCUT2D eigenvalue weighted by Crippen LogP contribution is -2.27. The third-order valence-electron chi connectivity index (χ3n) is 3.30. The molecular weight excluding hydrogens is 250 g/mol. The van der Waals surface area contributed by atoms with E-state index in [0.717, 1.165) is 16.6 Å². The van der Waals surface area contributed by atoms with Crippen molar-refractivity contribution in [1.29, 1.82) is 0 Å². The summed E-state index contributed by atoms with van der Waals surface area (Å²) in [6.07, 6.45) is 3.59. The highest BCUT2D eigenvalue weighted by atomic mass is 16.1. The van der Waals surface area contributed by atoms with Gasteiger partial charge in [-0.15, -0.1) is 0 Å². The number of aromatic nitrogens is 2. The van der Waals surface area contributed by atoms with Gasteiger partial charge in [-0.2, -0.15) is 0 Å². The molecule has 0 saturated carbocycles. The van der Waals surface area contributed by atoms with Crippen molar-refractivity contribution in [1.82, 2.24) is 15.3 Å². The van der Waals surface area contributed by atoms with Gasteiger partial charge in [0.15, 0.2) is 0 Å². The zero-order valence-electron chi connectivity index (χ0n) is 11.1. The molecule has 100 valence electrons. The maximum Gasteiger partial charge on any atom is 0.251 e. The topological polar surface area (TPSA) is 57.8 Å². The Morgan fingerprint density at radius 2 is 2.15 bits per heavy atom. The lowest BCUT2D eigenvalue weighted by molar-refractivity contribution is 0.0939. The minimum absolute atomic E-state index is 0.0975. The quantitative estimate of drug-likeness (QED) is 0.764. The molecule has 4 heteroatoms. The fraction of sp³-hybridized carbons (Fsp3) is 0.125. The average molecular weight is 265 g/mol. The second-order valence-corrected chi connectivity index (χ2v) is 4.73. The summed E-state index contributed by atoms with van der Waals surface area (Å²) in [5.41, 5.74) is 2.45. The van der Waals surface area contributed by atoms with Gasteiger partial charge in [0, 0.05) is 23.5 Å². The molecule has 0 bridgehead atoms. The Balaban J connectivity index is 1.78. The summed E-state index contributed by atoms with van der Waals surface area (Å²) in [6, 6.07) is 13.2. The molecule has 4 nitrogen and oxygen atoms in total. The summed E-state index contributed by atoms with van der Waals surface area (Å²) in [7, 11) is 0. The van der Waals surface area contributed by atoms with Crippen LogP contribution in [0.25, 0.3) is 10.9 Å². The van der Waals surface area contributed by atoms with Crippen LogP contribution in [-0.2, 0) is 0 Å². The number of aromatic amines is 1. The van der Waals surface area contributed by atoms with E-state index in [1.54, 1.807) is 6.20 Å². The molecule has 1 unspecified atom stereocenters. The number of nitrogens with zero attached hydrogens (tertiary/aromatic N) is 1. The highest BCUT2D eigenvalue weighted by Gasteiger charge is 2.12. The summed E-state index contributed by atoms with van der Waals surface area (Å²) < 4.78 is 0. The van der Waals surface area contributed by atoms with E-state index >= 15 is 0 Å². The van der Waals surface area contributed by atoms with Crippen LogP contribution in [0.1, 0.15) is 29.0 Å². The van der Waals surface area contributed by atoms with E-state index in [1.807, 2.05) is 55.6 Å². The number of hydrogen-bond donors (Lipinski definition) is 2. The number of pyridine rings is 1. The molecule has 3 aromatic rings. The van der Waals surface area contributed by atoms with Crippen molar-refractivity contribution in [2.45, 2.75) is 13.0 Å². The van der Waals surface area contributed by atoms with Gasteiger partial charge >= 0.3 is 0 Å². The zero-order valence-corrected chi connectivity index (χ0v) is 11.1. The predicted octanol–water partition coefficient (Wildman–Crippen LogP) is 3.05. The van der Waals surface area contributed by atoms with Crippen molar-refractivity contribution in [3.63, 3.8) is 0 Å². The van der Waals surface area contributed by atoms with Gasteiger partial charge < -0.3 is 10.3 Å². The molecular formula is C16H15N3O. The summed E-state index contributed by atoms with van der Waals surface area (Å²) in [6.45, 7) is 1.92. The first-order valence-electron chi connectivity index (χ1n) is 6.53. The fourth-order valence-electron chi connectivity index (χ4n) is 2.18. The molecule has 2 N–H and O–H groups in total. The monoisotopic (exact) mass is 265 g/mol. The maximum absolute atomic E-state index is 12.2. The predicted molar refractivity (Wildman–Crippen MR) is 78.4 cm³/mol. The van der Waals surface area contributed by atoms with Crippen molar-refractivity contribution in [2.75, 3.05) is 0 Å². The van der Waals surface area contributed by atoms with Crippen LogP contribution >= 0.6 is 0 Å². The zero-order chi connectivity index (χ0) is 13.9. The molecule has 0 aliphatic carbocycles. The van der Waals surface area contributed by atoms with Crippen molar-refractivity contribution < 1.29 is 4.79 Å². The first-order valence-corrected chi connectivity index (χ1v) is 6.53. The van der Waals surface area contributed by atoms with E-state index in [1.165, 1.54) is 0 Å². The van der Waals surface area contributed by atoms with Crippen LogP contribution in [0.3, 0.4) is 0 Å². The number of fused-ring (bicyclic) bond motifs is 1. The van der Waals surface area contributed by atoms with Crippen LogP contribution in [0.2, 0.25) is 0 Å². The van der Waals surface area contributed by atoms with E-state index < -0.39 is 0 Å². The van der Waals surface area contributed by atoms with Gasteiger partial charge in [-0.25, -0.2) is 0 Å². The highest BCUT2D eigenvalue weighted by Crippen LogP contribution is 2.15. The van der Waals surface area contributed by atoms with E-state index in [9.17, 15) is 4.79 Å². The van der Waals surface area contributed by atoms with Crippen molar-refractivity contribution in [2.24, 2.45) is 0 Å². The van der Waals surface area contributed by atoms with Gasteiger partial charge in [-0.05, 0) is 42.6 Å². The molecule has 20 heavy (non-hydrogen) atoms. The Hall–Kier alpha value is -2.62. The average Bonchev–Trinajstić information content (AvgIpc) is 2.95. The number of nitrogens with one attached hydrogen (secondary N) is 2. The Labute approximate surface area is 116 Å². The number of rotatable bonds is 3. The summed E-state index contributed by atoms with van der Waals surface area (Å²) in [5.74, 6) is -0.0975. The lowest BCUT2D eigenvalue weighted by Gasteiger charge is -2.13. The van der Waals surface area contributed by atoms with Crippen molar-refractivity contribution in [3.05, 3.63) is 66.1 Å². The molecule has 3 rings (SSSR count). The van der Waals surface area contributed by atoms with E-state index in [2.05, 4.69) is 15.3 Å². The van der Waals surface area contributed by atoms with Gasteiger partial charge in [0.2, 0.25) is 0 Å². The molecule has 0 saturated heterocycles. The van der Waals surface area contributed by atoms with Gasteiger partial charge in [0.05, 0.1) is 11.7 Å². The second-order valence-electron chi connectivity index (χ2n) is 4.73. The van der Waals surface area contributed by atoms with Crippen LogP contribution < -0.4 is 5.32 Å². The normalized spacial score (nSPS) is 12.2. The van der Waals surface area contributed by atoms with Crippen LogP contribution in [0, 0.1) is 0 Å². The van der Waals surface area contributed by atoms with Crippen LogP contribution in [0.15, 0.2) is 54.9 Å². The SMILES string of the molecule is CC(NC(=O)c1ccc2cc[nH]c2c1)c1ccccn1. The lowest BCUT2D eigenvalue weighted by atomic mass is 10.1. The third-order valence-corrected chi connectivity index (χ3v) is 3.30.